The standard InChI is InChI=1S/C21H20Cl2N2O3/c22-13-6-15(23)18-14(19(20(27)28)24-16(18)7-13)1-2-17(26)25-21-8-10-3-11(9-21)5-12(21)4-10/h1-2,6-7,10-12,24H,3-5,8-9H2,(H,25,26)(H,27,28)/b2-1+. The predicted octanol–water partition coefficient (Wildman–Crippen LogP) is 4.88. The van der Waals surface area contributed by atoms with E-state index in [9.17, 15) is 14.7 Å². The van der Waals surface area contributed by atoms with Crippen molar-refractivity contribution in [2.45, 2.75) is 37.6 Å². The monoisotopic (exact) mass is 418 g/mol. The van der Waals surface area contributed by atoms with Gasteiger partial charge in [0, 0.05) is 33.1 Å². The molecule has 4 aliphatic rings. The maximum absolute atomic E-state index is 12.7. The third kappa shape index (κ3) is 2.75. The number of halogens is 2. The van der Waals surface area contributed by atoms with Crippen molar-refractivity contribution >= 4 is 52.1 Å². The molecule has 2 unspecified atom stereocenters. The van der Waals surface area contributed by atoms with E-state index in [1.165, 1.54) is 31.4 Å². The van der Waals surface area contributed by atoms with Crippen LogP contribution in [-0.2, 0) is 4.79 Å². The van der Waals surface area contributed by atoms with Crippen molar-refractivity contribution in [1.82, 2.24) is 10.3 Å². The molecular formula is C21H20Cl2N2O3. The molecule has 2 atom stereocenters. The molecule has 2 aromatic rings. The largest absolute Gasteiger partial charge is 0.477 e. The molecule has 1 aromatic heterocycles. The van der Waals surface area contributed by atoms with Crippen LogP contribution in [0.1, 0.15) is 48.2 Å². The summed E-state index contributed by atoms with van der Waals surface area (Å²) < 4.78 is 0. The summed E-state index contributed by atoms with van der Waals surface area (Å²) >= 11 is 12.3. The molecule has 1 aromatic carbocycles. The van der Waals surface area contributed by atoms with Gasteiger partial charge >= 0.3 is 5.97 Å². The smallest absolute Gasteiger partial charge is 0.352 e. The van der Waals surface area contributed by atoms with Gasteiger partial charge < -0.3 is 15.4 Å². The first-order valence-corrected chi connectivity index (χ1v) is 10.3. The van der Waals surface area contributed by atoms with Crippen LogP contribution in [0, 0.1) is 17.8 Å². The molecule has 146 valence electrons. The summed E-state index contributed by atoms with van der Waals surface area (Å²) in [6.07, 6.45) is 8.87. The molecule has 7 heteroatoms. The average Bonchev–Trinajstić information content (AvgIpc) is 3.16. The fraction of sp³-hybridized carbons (Fsp3) is 0.429. The molecule has 4 aliphatic carbocycles. The number of carboxylic acids is 1. The molecule has 4 saturated carbocycles. The van der Waals surface area contributed by atoms with Gasteiger partial charge in [0.25, 0.3) is 0 Å². The Hall–Kier alpha value is -1.98. The summed E-state index contributed by atoms with van der Waals surface area (Å²) in [5, 5.41) is 14.1. The highest BCUT2D eigenvalue weighted by Crippen LogP contribution is 2.60. The van der Waals surface area contributed by atoms with Gasteiger partial charge in [0.2, 0.25) is 5.91 Å². The minimum Gasteiger partial charge on any atom is -0.477 e. The zero-order valence-electron chi connectivity index (χ0n) is 15.1. The van der Waals surface area contributed by atoms with E-state index in [0.717, 1.165) is 24.7 Å². The second-order valence-corrected chi connectivity index (χ2v) is 9.40. The number of hydrogen-bond acceptors (Lipinski definition) is 2. The van der Waals surface area contributed by atoms with Gasteiger partial charge in [-0.1, -0.05) is 23.2 Å². The van der Waals surface area contributed by atoms with Gasteiger partial charge in [-0.25, -0.2) is 4.79 Å². The Balaban J connectivity index is 1.45. The fourth-order valence-electron chi connectivity index (χ4n) is 6.05. The Morgan fingerprint density at radius 2 is 1.89 bits per heavy atom. The van der Waals surface area contributed by atoms with Crippen LogP contribution in [0.15, 0.2) is 18.2 Å². The molecule has 0 radical (unpaired) electrons. The van der Waals surface area contributed by atoms with Crippen molar-refractivity contribution < 1.29 is 14.7 Å². The molecule has 0 aliphatic heterocycles. The molecule has 3 N–H and O–H groups in total. The number of hydrogen-bond donors (Lipinski definition) is 3. The van der Waals surface area contributed by atoms with Crippen LogP contribution in [0.2, 0.25) is 10.0 Å². The van der Waals surface area contributed by atoms with Gasteiger partial charge in [-0.3, -0.25) is 4.79 Å². The van der Waals surface area contributed by atoms with E-state index < -0.39 is 5.97 Å². The second-order valence-electron chi connectivity index (χ2n) is 8.55. The topological polar surface area (TPSA) is 82.2 Å². The summed E-state index contributed by atoms with van der Waals surface area (Å²) in [5.41, 5.74) is 0.840. The van der Waals surface area contributed by atoms with Crippen LogP contribution < -0.4 is 5.32 Å². The molecule has 5 nitrogen and oxygen atoms in total. The highest BCUT2D eigenvalue weighted by Gasteiger charge is 2.58. The van der Waals surface area contributed by atoms with Crippen LogP contribution in [0.3, 0.4) is 0 Å². The van der Waals surface area contributed by atoms with Crippen molar-refractivity contribution in [3.05, 3.63) is 39.5 Å². The van der Waals surface area contributed by atoms with E-state index >= 15 is 0 Å². The lowest BCUT2D eigenvalue weighted by Gasteiger charge is -2.33. The van der Waals surface area contributed by atoms with E-state index in [-0.39, 0.29) is 17.1 Å². The van der Waals surface area contributed by atoms with Crippen LogP contribution in [0.25, 0.3) is 17.0 Å². The normalized spacial score (nSPS) is 30.6. The lowest BCUT2D eigenvalue weighted by molar-refractivity contribution is -0.118. The molecule has 0 spiro atoms. The number of nitrogens with one attached hydrogen (secondary N) is 2. The van der Waals surface area contributed by atoms with Gasteiger partial charge in [0.05, 0.1) is 5.02 Å². The van der Waals surface area contributed by atoms with Crippen LogP contribution in [0.5, 0.6) is 0 Å². The zero-order valence-corrected chi connectivity index (χ0v) is 16.6. The maximum atomic E-state index is 12.7. The van der Waals surface area contributed by atoms with Crippen molar-refractivity contribution in [2.24, 2.45) is 17.8 Å². The third-order valence-corrected chi connectivity index (χ3v) is 7.35. The Bertz CT molecular complexity index is 1030. The second kappa shape index (κ2) is 6.26. The molecule has 4 bridgehead atoms. The SMILES string of the molecule is O=C(/C=C/c1c(C(=O)O)[nH]c2cc(Cl)cc(Cl)c12)NC12CC3CC(CC1C3)C2. The summed E-state index contributed by atoms with van der Waals surface area (Å²) in [6, 6.07) is 3.19. The first-order valence-electron chi connectivity index (χ1n) is 9.59. The van der Waals surface area contributed by atoms with Gasteiger partial charge in [-0.05, 0) is 68.1 Å². The number of rotatable bonds is 4. The number of aromatic carboxylic acids is 1. The van der Waals surface area contributed by atoms with Crippen molar-refractivity contribution in [1.29, 1.82) is 0 Å². The number of H-pyrrole nitrogens is 1. The minimum atomic E-state index is -1.12. The predicted molar refractivity (Wildman–Crippen MR) is 109 cm³/mol. The molecule has 6 rings (SSSR count). The van der Waals surface area contributed by atoms with Gasteiger partial charge in [-0.15, -0.1) is 0 Å². The van der Waals surface area contributed by atoms with Crippen molar-refractivity contribution in [3.63, 3.8) is 0 Å². The van der Waals surface area contributed by atoms with E-state index in [0.29, 0.717) is 32.4 Å². The lowest BCUT2D eigenvalue weighted by atomic mass is 9.80. The Morgan fingerprint density at radius 1 is 1.18 bits per heavy atom. The first kappa shape index (κ1) is 18.1. The van der Waals surface area contributed by atoms with Crippen molar-refractivity contribution in [2.75, 3.05) is 0 Å². The maximum Gasteiger partial charge on any atom is 0.352 e. The van der Waals surface area contributed by atoms with Gasteiger partial charge in [0.15, 0.2) is 0 Å². The summed E-state index contributed by atoms with van der Waals surface area (Å²) in [5.74, 6) is 0.792. The molecular weight excluding hydrogens is 399 g/mol. The van der Waals surface area contributed by atoms with Crippen LogP contribution >= 0.6 is 23.2 Å². The number of carbonyl (C=O) groups excluding carboxylic acids is 1. The van der Waals surface area contributed by atoms with E-state index in [4.69, 9.17) is 23.2 Å². The number of carbonyl (C=O) groups is 2. The number of carboxylic acid groups (broad SMARTS) is 1. The number of aromatic nitrogens is 1. The third-order valence-electron chi connectivity index (χ3n) is 6.83. The summed E-state index contributed by atoms with van der Waals surface area (Å²) in [7, 11) is 0. The number of amides is 1. The highest BCUT2D eigenvalue weighted by molar-refractivity contribution is 6.39. The minimum absolute atomic E-state index is 0.0118. The summed E-state index contributed by atoms with van der Waals surface area (Å²) in [6.45, 7) is 0. The van der Waals surface area contributed by atoms with E-state index in [1.54, 1.807) is 12.1 Å². The molecule has 0 saturated heterocycles. The Kier molecular flexibility index (Phi) is 4.04. The highest BCUT2D eigenvalue weighted by atomic mass is 35.5. The van der Waals surface area contributed by atoms with Crippen molar-refractivity contribution in [3.8, 4) is 0 Å². The molecule has 4 fully saturated rings. The lowest BCUT2D eigenvalue weighted by Crippen LogP contribution is -2.48. The van der Waals surface area contributed by atoms with E-state index in [1.807, 2.05) is 0 Å². The molecule has 1 heterocycles. The summed E-state index contributed by atoms with van der Waals surface area (Å²) in [4.78, 5) is 27.2. The van der Waals surface area contributed by atoms with E-state index in [2.05, 4.69) is 10.3 Å². The molecule has 1 amide bonds. The van der Waals surface area contributed by atoms with Crippen LogP contribution in [-0.4, -0.2) is 27.5 Å². The zero-order chi connectivity index (χ0) is 19.6. The fourth-order valence-corrected chi connectivity index (χ4v) is 6.65. The number of benzene rings is 1. The van der Waals surface area contributed by atoms with Crippen LogP contribution in [0.4, 0.5) is 0 Å². The Labute approximate surface area is 172 Å². The molecule has 28 heavy (non-hydrogen) atoms. The van der Waals surface area contributed by atoms with Gasteiger partial charge in [0.1, 0.15) is 5.69 Å². The first-order chi connectivity index (χ1) is 13.3. The quantitative estimate of drug-likeness (QED) is 0.618. The number of fused-ring (bicyclic) bond motifs is 1. The average molecular weight is 419 g/mol. The Morgan fingerprint density at radius 3 is 2.57 bits per heavy atom. The number of aromatic amines is 1. The van der Waals surface area contributed by atoms with Gasteiger partial charge in [-0.2, -0.15) is 0 Å².